The van der Waals surface area contributed by atoms with Crippen molar-refractivity contribution in [3.05, 3.63) is 29.8 Å². The van der Waals surface area contributed by atoms with Crippen LogP contribution in [0.2, 0.25) is 0 Å². The van der Waals surface area contributed by atoms with Gasteiger partial charge in [-0.25, -0.2) is 0 Å². The normalized spacial score (nSPS) is 18.9. The van der Waals surface area contributed by atoms with Crippen LogP contribution >= 0.6 is 0 Å². The fourth-order valence-electron chi connectivity index (χ4n) is 2.37. The maximum absolute atomic E-state index is 11.9. The molecular formula is C17H23N3O3. The first-order valence-electron chi connectivity index (χ1n) is 7.86. The molecule has 2 unspecified atom stereocenters. The first-order valence-corrected chi connectivity index (χ1v) is 7.86. The molecule has 3 amide bonds. The van der Waals surface area contributed by atoms with E-state index in [-0.39, 0.29) is 36.5 Å². The molecule has 0 bridgehead atoms. The summed E-state index contributed by atoms with van der Waals surface area (Å²) in [4.78, 5) is 34.9. The average Bonchev–Trinajstić information content (AvgIpc) is 3.24. The topological polar surface area (TPSA) is 87.3 Å². The maximum atomic E-state index is 11.9. The second-order valence-corrected chi connectivity index (χ2v) is 5.96. The van der Waals surface area contributed by atoms with Crippen LogP contribution in [0.1, 0.15) is 25.3 Å². The molecule has 2 rings (SSSR count). The van der Waals surface area contributed by atoms with Gasteiger partial charge in [-0.2, -0.15) is 0 Å². The lowest BCUT2D eigenvalue weighted by molar-refractivity contribution is -0.123. The lowest BCUT2D eigenvalue weighted by Gasteiger charge is -2.08. The van der Waals surface area contributed by atoms with Crippen LogP contribution in [0.5, 0.6) is 0 Å². The maximum Gasteiger partial charge on any atom is 0.226 e. The van der Waals surface area contributed by atoms with Crippen molar-refractivity contribution in [2.75, 3.05) is 18.9 Å². The summed E-state index contributed by atoms with van der Waals surface area (Å²) in [7, 11) is 1.59. The summed E-state index contributed by atoms with van der Waals surface area (Å²) in [5.41, 5.74) is 1.48. The average molecular weight is 317 g/mol. The number of hydrogen-bond acceptors (Lipinski definition) is 3. The standard InChI is InChI=1S/C17H23N3O3/c1-11-8-14(11)17(23)19-7-6-15(21)20-13-5-3-4-12(9-13)10-16(22)18-2/h3-5,9,11,14H,6-8,10H2,1-2H3,(H,18,22)(H,19,23)(H,20,21). The van der Waals surface area contributed by atoms with Gasteiger partial charge in [0.1, 0.15) is 0 Å². The Morgan fingerprint density at radius 3 is 2.61 bits per heavy atom. The minimum absolute atomic E-state index is 0.0397. The Hall–Kier alpha value is -2.37. The van der Waals surface area contributed by atoms with E-state index in [9.17, 15) is 14.4 Å². The molecule has 0 saturated heterocycles. The van der Waals surface area contributed by atoms with Crippen LogP contribution in [0.3, 0.4) is 0 Å². The highest BCUT2D eigenvalue weighted by Gasteiger charge is 2.38. The van der Waals surface area contributed by atoms with Crippen molar-refractivity contribution < 1.29 is 14.4 Å². The van der Waals surface area contributed by atoms with Gasteiger partial charge >= 0.3 is 0 Å². The van der Waals surface area contributed by atoms with E-state index in [0.29, 0.717) is 18.2 Å². The summed E-state index contributed by atoms with van der Waals surface area (Å²) in [5.74, 6) is 0.390. The molecule has 3 N–H and O–H groups in total. The molecule has 0 radical (unpaired) electrons. The zero-order valence-electron chi connectivity index (χ0n) is 13.5. The molecule has 124 valence electrons. The van der Waals surface area contributed by atoms with E-state index >= 15 is 0 Å². The van der Waals surface area contributed by atoms with Gasteiger partial charge in [0.15, 0.2) is 0 Å². The van der Waals surface area contributed by atoms with Crippen LogP contribution in [0, 0.1) is 11.8 Å². The van der Waals surface area contributed by atoms with Gasteiger partial charge in [-0.15, -0.1) is 0 Å². The van der Waals surface area contributed by atoms with Crippen molar-refractivity contribution in [3.8, 4) is 0 Å². The highest BCUT2D eigenvalue weighted by atomic mass is 16.2. The van der Waals surface area contributed by atoms with Gasteiger partial charge in [0.2, 0.25) is 17.7 Å². The molecule has 1 aliphatic carbocycles. The van der Waals surface area contributed by atoms with Crippen LogP contribution in [0.15, 0.2) is 24.3 Å². The molecular weight excluding hydrogens is 294 g/mol. The summed E-state index contributed by atoms with van der Waals surface area (Å²) >= 11 is 0. The highest BCUT2D eigenvalue weighted by molar-refractivity contribution is 5.91. The highest BCUT2D eigenvalue weighted by Crippen LogP contribution is 2.37. The Balaban J connectivity index is 1.75. The van der Waals surface area contributed by atoms with Gasteiger partial charge in [0, 0.05) is 31.6 Å². The minimum Gasteiger partial charge on any atom is -0.359 e. The first-order chi connectivity index (χ1) is 11.0. The van der Waals surface area contributed by atoms with Crippen LogP contribution < -0.4 is 16.0 Å². The van der Waals surface area contributed by atoms with E-state index < -0.39 is 0 Å². The number of likely N-dealkylation sites (N-methyl/N-ethyl adjacent to an activating group) is 1. The molecule has 1 fully saturated rings. The second-order valence-electron chi connectivity index (χ2n) is 5.96. The van der Waals surface area contributed by atoms with E-state index in [1.165, 1.54) is 0 Å². The summed E-state index contributed by atoms with van der Waals surface area (Å²) in [6.07, 6.45) is 1.44. The number of hydrogen-bond donors (Lipinski definition) is 3. The third-order valence-corrected chi connectivity index (χ3v) is 3.95. The third kappa shape index (κ3) is 5.39. The van der Waals surface area contributed by atoms with Crippen LogP contribution in [0.25, 0.3) is 0 Å². The Morgan fingerprint density at radius 2 is 1.96 bits per heavy atom. The van der Waals surface area contributed by atoms with Crippen molar-refractivity contribution in [1.82, 2.24) is 10.6 Å². The van der Waals surface area contributed by atoms with E-state index in [2.05, 4.69) is 16.0 Å². The number of amides is 3. The minimum atomic E-state index is -0.161. The van der Waals surface area contributed by atoms with Gasteiger partial charge in [-0.05, 0) is 30.0 Å². The first kappa shape index (κ1) is 17.0. The summed E-state index contributed by atoms with van der Waals surface area (Å²) in [5, 5.41) is 8.13. The molecule has 0 heterocycles. The molecule has 1 aromatic carbocycles. The van der Waals surface area contributed by atoms with Gasteiger partial charge in [-0.1, -0.05) is 19.1 Å². The SMILES string of the molecule is CNC(=O)Cc1cccc(NC(=O)CCNC(=O)C2CC2C)c1. The lowest BCUT2D eigenvalue weighted by Crippen LogP contribution is -2.29. The predicted molar refractivity (Wildman–Crippen MR) is 87.7 cm³/mol. The van der Waals surface area contributed by atoms with Crippen LogP contribution in [0.4, 0.5) is 5.69 Å². The second kappa shape index (κ2) is 7.76. The molecule has 23 heavy (non-hydrogen) atoms. The Kier molecular flexibility index (Phi) is 5.73. The molecule has 2 atom stereocenters. The van der Waals surface area contributed by atoms with Gasteiger partial charge in [-0.3, -0.25) is 14.4 Å². The number of anilines is 1. The quantitative estimate of drug-likeness (QED) is 0.703. The fraction of sp³-hybridized carbons (Fsp3) is 0.471. The summed E-state index contributed by atoms with van der Waals surface area (Å²) < 4.78 is 0. The third-order valence-electron chi connectivity index (χ3n) is 3.95. The predicted octanol–water partition coefficient (Wildman–Crippen LogP) is 1.08. The fourth-order valence-corrected chi connectivity index (χ4v) is 2.37. The number of carbonyl (C=O) groups is 3. The van der Waals surface area contributed by atoms with Crippen LogP contribution in [-0.2, 0) is 20.8 Å². The van der Waals surface area contributed by atoms with Crippen molar-refractivity contribution in [2.24, 2.45) is 11.8 Å². The Labute approximate surface area is 136 Å². The van der Waals surface area contributed by atoms with Crippen molar-refractivity contribution >= 4 is 23.4 Å². The van der Waals surface area contributed by atoms with Crippen molar-refractivity contribution in [1.29, 1.82) is 0 Å². The molecule has 6 heteroatoms. The van der Waals surface area contributed by atoms with Gasteiger partial charge < -0.3 is 16.0 Å². The molecule has 0 aromatic heterocycles. The molecule has 1 saturated carbocycles. The lowest BCUT2D eigenvalue weighted by atomic mass is 10.1. The van der Waals surface area contributed by atoms with E-state index in [0.717, 1.165) is 12.0 Å². The van der Waals surface area contributed by atoms with Gasteiger partial charge in [0.05, 0.1) is 6.42 Å². The number of benzene rings is 1. The zero-order chi connectivity index (χ0) is 16.8. The molecule has 0 aliphatic heterocycles. The number of carbonyl (C=O) groups excluding carboxylic acids is 3. The molecule has 1 aromatic rings. The Bertz CT molecular complexity index is 601. The monoisotopic (exact) mass is 317 g/mol. The van der Waals surface area contributed by atoms with E-state index in [1.807, 2.05) is 13.0 Å². The number of nitrogens with one attached hydrogen (secondary N) is 3. The van der Waals surface area contributed by atoms with Crippen molar-refractivity contribution in [2.45, 2.75) is 26.2 Å². The summed E-state index contributed by atoms with van der Waals surface area (Å²) in [6.45, 7) is 2.38. The Morgan fingerprint density at radius 1 is 1.22 bits per heavy atom. The molecule has 0 spiro atoms. The van der Waals surface area contributed by atoms with Gasteiger partial charge in [0.25, 0.3) is 0 Å². The summed E-state index contributed by atoms with van der Waals surface area (Å²) in [6, 6.07) is 7.18. The molecule has 6 nitrogen and oxygen atoms in total. The van der Waals surface area contributed by atoms with E-state index in [1.54, 1.807) is 25.2 Å². The van der Waals surface area contributed by atoms with Crippen molar-refractivity contribution in [3.63, 3.8) is 0 Å². The largest absolute Gasteiger partial charge is 0.359 e. The van der Waals surface area contributed by atoms with Crippen LogP contribution in [-0.4, -0.2) is 31.3 Å². The molecule has 1 aliphatic rings. The smallest absolute Gasteiger partial charge is 0.226 e. The van der Waals surface area contributed by atoms with E-state index in [4.69, 9.17) is 0 Å². The zero-order valence-corrected chi connectivity index (χ0v) is 13.5. The number of rotatable bonds is 7.